The van der Waals surface area contributed by atoms with Gasteiger partial charge < -0.3 is 15.4 Å². The Morgan fingerprint density at radius 2 is 2.05 bits per heavy atom. The summed E-state index contributed by atoms with van der Waals surface area (Å²) >= 11 is 0. The topological polar surface area (TPSA) is 58.5 Å². The van der Waals surface area contributed by atoms with Gasteiger partial charge in [0.2, 0.25) is 0 Å². The van der Waals surface area contributed by atoms with Crippen molar-refractivity contribution in [2.75, 3.05) is 13.7 Å². The number of ether oxygens (including phenoxy) is 1. The number of pyridine rings is 1. The predicted octanol–water partition coefficient (Wildman–Crippen LogP) is 3.18. The van der Waals surface area contributed by atoms with Crippen LogP contribution in [-0.2, 0) is 6.54 Å². The molecule has 1 aromatic heterocycles. The lowest BCUT2D eigenvalue weighted by molar-refractivity contribution is 0.407. The summed E-state index contributed by atoms with van der Waals surface area (Å²) in [6.07, 6.45) is 2.89. The van der Waals surface area contributed by atoms with Gasteiger partial charge in [-0.1, -0.05) is 6.92 Å². The van der Waals surface area contributed by atoms with Crippen molar-refractivity contribution in [2.45, 2.75) is 53.6 Å². The summed E-state index contributed by atoms with van der Waals surface area (Å²) in [5.41, 5.74) is 3.05. The summed E-state index contributed by atoms with van der Waals surface area (Å²) < 4.78 is 5.43. The number of hydrogen-bond donors (Lipinski definition) is 2. The minimum Gasteiger partial charge on any atom is -0.496 e. The predicted molar refractivity (Wildman–Crippen MR) is 103 cm³/mol. The van der Waals surface area contributed by atoms with Crippen LogP contribution in [0, 0.1) is 13.8 Å². The standard InChI is InChI=1S/C16H28N4O.HI/c1-7-12(4)20-16(17-8-2)19-10-14-13(5)15(21-6)11(3)9-18-14;/h9,12H,7-8,10H2,1-6H3,(H2,17,19,20);1H. The average molecular weight is 420 g/mol. The first-order chi connectivity index (χ1) is 10.0. The third kappa shape index (κ3) is 5.98. The number of aliphatic imine (C=N–C) groups is 1. The Labute approximate surface area is 151 Å². The summed E-state index contributed by atoms with van der Waals surface area (Å²) in [5, 5.41) is 6.63. The normalized spacial score (nSPS) is 12.4. The van der Waals surface area contributed by atoms with Crippen LogP contribution in [-0.4, -0.2) is 30.6 Å². The van der Waals surface area contributed by atoms with Crippen molar-refractivity contribution in [1.82, 2.24) is 15.6 Å². The van der Waals surface area contributed by atoms with Crippen LogP contribution in [0.2, 0.25) is 0 Å². The average Bonchev–Trinajstić information content (AvgIpc) is 2.46. The molecule has 0 saturated carbocycles. The molecule has 2 N–H and O–H groups in total. The van der Waals surface area contributed by atoms with Gasteiger partial charge in [-0.25, -0.2) is 4.99 Å². The van der Waals surface area contributed by atoms with E-state index in [1.165, 1.54) is 0 Å². The first-order valence-corrected chi connectivity index (χ1v) is 7.57. The fourth-order valence-electron chi connectivity index (χ4n) is 2.04. The highest BCUT2D eigenvalue weighted by Gasteiger charge is 2.09. The van der Waals surface area contributed by atoms with Crippen molar-refractivity contribution in [3.05, 3.63) is 23.0 Å². The maximum Gasteiger partial charge on any atom is 0.191 e. The SMILES string of the molecule is CCNC(=NCc1ncc(C)c(OC)c1C)NC(C)CC.I. The van der Waals surface area contributed by atoms with Crippen molar-refractivity contribution >= 4 is 29.9 Å². The largest absolute Gasteiger partial charge is 0.496 e. The molecule has 0 radical (unpaired) electrons. The van der Waals surface area contributed by atoms with Crippen LogP contribution in [0.25, 0.3) is 0 Å². The molecule has 1 heterocycles. The monoisotopic (exact) mass is 420 g/mol. The molecule has 0 amide bonds. The molecule has 0 spiro atoms. The fraction of sp³-hybridized carbons (Fsp3) is 0.625. The molecule has 0 aliphatic rings. The summed E-state index contributed by atoms with van der Waals surface area (Å²) in [4.78, 5) is 9.09. The maximum atomic E-state index is 5.43. The molecule has 5 nitrogen and oxygen atoms in total. The van der Waals surface area contributed by atoms with Crippen LogP contribution in [0.4, 0.5) is 0 Å². The van der Waals surface area contributed by atoms with Gasteiger partial charge in [0.15, 0.2) is 5.96 Å². The number of aryl methyl sites for hydroxylation is 1. The van der Waals surface area contributed by atoms with E-state index < -0.39 is 0 Å². The van der Waals surface area contributed by atoms with Gasteiger partial charge in [0.1, 0.15) is 5.75 Å². The number of nitrogens with zero attached hydrogens (tertiary/aromatic N) is 2. The van der Waals surface area contributed by atoms with Crippen molar-refractivity contribution in [3.8, 4) is 5.75 Å². The third-order valence-electron chi connectivity index (χ3n) is 3.48. The van der Waals surface area contributed by atoms with Crippen LogP contribution < -0.4 is 15.4 Å². The van der Waals surface area contributed by atoms with Crippen LogP contribution >= 0.6 is 24.0 Å². The number of guanidine groups is 1. The van der Waals surface area contributed by atoms with E-state index in [-0.39, 0.29) is 24.0 Å². The van der Waals surface area contributed by atoms with E-state index in [0.29, 0.717) is 12.6 Å². The fourth-order valence-corrected chi connectivity index (χ4v) is 2.04. The van der Waals surface area contributed by atoms with Gasteiger partial charge in [0.25, 0.3) is 0 Å². The van der Waals surface area contributed by atoms with Gasteiger partial charge in [-0.3, -0.25) is 4.98 Å². The van der Waals surface area contributed by atoms with Crippen LogP contribution in [0.1, 0.15) is 44.0 Å². The van der Waals surface area contributed by atoms with Gasteiger partial charge in [-0.2, -0.15) is 0 Å². The second kappa shape index (κ2) is 10.6. The van der Waals surface area contributed by atoms with Crippen LogP contribution in [0.15, 0.2) is 11.2 Å². The lowest BCUT2D eigenvalue weighted by Gasteiger charge is -2.16. The van der Waals surface area contributed by atoms with E-state index in [2.05, 4.69) is 41.4 Å². The molecular formula is C16H29IN4O. The molecule has 1 atom stereocenters. The zero-order valence-electron chi connectivity index (χ0n) is 14.5. The van der Waals surface area contributed by atoms with Gasteiger partial charge in [0.05, 0.1) is 19.3 Å². The van der Waals surface area contributed by atoms with Crippen LogP contribution in [0.5, 0.6) is 5.75 Å². The Morgan fingerprint density at radius 1 is 1.36 bits per heavy atom. The van der Waals surface area contributed by atoms with Crippen LogP contribution in [0.3, 0.4) is 0 Å². The highest BCUT2D eigenvalue weighted by atomic mass is 127. The van der Waals surface area contributed by atoms with E-state index >= 15 is 0 Å². The summed E-state index contributed by atoms with van der Waals surface area (Å²) in [7, 11) is 1.69. The Morgan fingerprint density at radius 3 is 2.59 bits per heavy atom. The van der Waals surface area contributed by atoms with Crippen molar-refractivity contribution < 1.29 is 4.74 Å². The zero-order chi connectivity index (χ0) is 15.8. The molecule has 1 unspecified atom stereocenters. The molecule has 0 fully saturated rings. The number of rotatable bonds is 6. The number of aromatic nitrogens is 1. The van der Waals surface area contributed by atoms with Crippen molar-refractivity contribution in [1.29, 1.82) is 0 Å². The molecule has 1 rings (SSSR count). The Bertz CT molecular complexity index is 491. The van der Waals surface area contributed by atoms with Crippen molar-refractivity contribution in [3.63, 3.8) is 0 Å². The first-order valence-electron chi connectivity index (χ1n) is 7.57. The van der Waals surface area contributed by atoms with Gasteiger partial charge >= 0.3 is 0 Å². The Kier molecular flexibility index (Phi) is 10.1. The molecule has 1 aromatic rings. The maximum absolute atomic E-state index is 5.43. The van der Waals surface area contributed by atoms with Gasteiger partial charge in [-0.15, -0.1) is 24.0 Å². The molecule has 0 bridgehead atoms. The van der Waals surface area contributed by atoms with E-state index in [4.69, 9.17) is 4.74 Å². The summed E-state index contributed by atoms with van der Waals surface area (Å²) in [6.45, 7) is 11.8. The molecule has 0 saturated heterocycles. The lowest BCUT2D eigenvalue weighted by atomic mass is 10.1. The molecule has 6 heteroatoms. The first kappa shape index (κ1) is 20.9. The Balaban J connectivity index is 0.00000441. The van der Waals surface area contributed by atoms with E-state index in [9.17, 15) is 0 Å². The number of nitrogens with one attached hydrogen (secondary N) is 2. The number of hydrogen-bond acceptors (Lipinski definition) is 3. The minimum atomic E-state index is 0. The van der Waals surface area contributed by atoms with E-state index in [1.54, 1.807) is 7.11 Å². The second-order valence-electron chi connectivity index (χ2n) is 5.19. The smallest absolute Gasteiger partial charge is 0.191 e. The van der Waals surface area contributed by atoms with Gasteiger partial charge in [-0.05, 0) is 34.1 Å². The van der Waals surface area contributed by atoms with E-state index in [1.807, 2.05) is 20.0 Å². The molecular weight excluding hydrogens is 391 g/mol. The highest BCUT2D eigenvalue weighted by Crippen LogP contribution is 2.24. The molecule has 0 aliphatic heterocycles. The number of methoxy groups -OCH3 is 1. The Hall–Kier alpha value is -1.05. The lowest BCUT2D eigenvalue weighted by Crippen LogP contribution is -2.42. The van der Waals surface area contributed by atoms with Crippen molar-refractivity contribution in [2.24, 2.45) is 4.99 Å². The highest BCUT2D eigenvalue weighted by molar-refractivity contribution is 14.0. The summed E-state index contributed by atoms with van der Waals surface area (Å²) in [6, 6.07) is 0.393. The quantitative estimate of drug-likeness (QED) is 0.422. The third-order valence-corrected chi connectivity index (χ3v) is 3.48. The molecule has 22 heavy (non-hydrogen) atoms. The van der Waals surface area contributed by atoms with E-state index in [0.717, 1.165) is 41.5 Å². The molecule has 0 aromatic carbocycles. The second-order valence-corrected chi connectivity index (χ2v) is 5.19. The zero-order valence-corrected chi connectivity index (χ0v) is 16.8. The molecule has 0 aliphatic carbocycles. The molecule has 126 valence electrons. The minimum absolute atomic E-state index is 0. The number of halogens is 1. The summed E-state index contributed by atoms with van der Waals surface area (Å²) in [5.74, 6) is 1.72. The van der Waals surface area contributed by atoms with Gasteiger partial charge in [0, 0.05) is 29.9 Å².